The molecule has 2 aromatic rings. The van der Waals surface area contributed by atoms with Crippen molar-refractivity contribution in [2.24, 2.45) is 0 Å². The molecule has 126 valence electrons. The number of nitrogens with zero attached hydrogens (tertiary/aromatic N) is 3. The fraction of sp³-hybridized carbons (Fsp3) is 0.353. The van der Waals surface area contributed by atoms with Gasteiger partial charge in [0.05, 0.1) is 24.8 Å². The highest BCUT2D eigenvalue weighted by Crippen LogP contribution is 2.38. The first-order valence-electron chi connectivity index (χ1n) is 7.74. The Kier molecular flexibility index (Phi) is 5.20. The maximum atomic E-state index is 12.2. The fourth-order valence-corrected chi connectivity index (χ4v) is 3.94. The van der Waals surface area contributed by atoms with Crippen LogP contribution in [0.15, 0.2) is 43.0 Å². The zero-order valence-corrected chi connectivity index (χ0v) is 14.2. The number of esters is 1. The molecule has 1 amide bonds. The quantitative estimate of drug-likeness (QED) is 0.752. The number of carbonyl (C=O) groups is 2. The molecule has 1 aliphatic heterocycles. The van der Waals surface area contributed by atoms with Crippen molar-refractivity contribution in [2.45, 2.75) is 18.3 Å². The molecule has 1 unspecified atom stereocenters. The van der Waals surface area contributed by atoms with Crippen molar-refractivity contribution in [3.8, 4) is 0 Å². The molecule has 0 aliphatic carbocycles. The molecule has 6 nitrogen and oxygen atoms in total. The summed E-state index contributed by atoms with van der Waals surface area (Å²) in [5, 5.41) is 0.00647. The van der Waals surface area contributed by atoms with Gasteiger partial charge in [0.1, 0.15) is 5.37 Å². The molecule has 0 N–H and O–H groups in total. The summed E-state index contributed by atoms with van der Waals surface area (Å²) in [4.78, 5) is 29.6. The van der Waals surface area contributed by atoms with Crippen molar-refractivity contribution in [2.75, 3.05) is 19.4 Å². The predicted octanol–water partition coefficient (Wildman–Crippen LogP) is 2.33. The van der Waals surface area contributed by atoms with Gasteiger partial charge in [-0.25, -0.2) is 9.78 Å². The SMILES string of the molecule is COC(=O)c1ccc(C2SCC(=O)N2CCCn2ccnc2)cc1. The molecule has 3 rings (SSSR count). The topological polar surface area (TPSA) is 64.4 Å². The predicted molar refractivity (Wildman–Crippen MR) is 91.5 cm³/mol. The summed E-state index contributed by atoms with van der Waals surface area (Å²) in [5.74, 6) is 0.302. The first-order valence-corrected chi connectivity index (χ1v) is 8.79. The summed E-state index contributed by atoms with van der Waals surface area (Å²) in [6, 6.07) is 7.28. The number of rotatable bonds is 6. The first kappa shape index (κ1) is 16.6. The van der Waals surface area contributed by atoms with Crippen LogP contribution in [-0.4, -0.2) is 45.7 Å². The monoisotopic (exact) mass is 345 g/mol. The van der Waals surface area contributed by atoms with Gasteiger partial charge in [-0.2, -0.15) is 0 Å². The minimum Gasteiger partial charge on any atom is -0.465 e. The number of aryl methyl sites for hydroxylation is 1. The number of ether oxygens (including phenoxy) is 1. The summed E-state index contributed by atoms with van der Waals surface area (Å²) in [7, 11) is 1.36. The smallest absolute Gasteiger partial charge is 0.337 e. The third kappa shape index (κ3) is 3.62. The zero-order valence-electron chi connectivity index (χ0n) is 13.4. The van der Waals surface area contributed by atoms with Gasteiger partial charge in [-0.1, -0.05) is 12.1 Å². The number of aromatic nitrogens is 2. The van der Waals surface area contributed by atoms with E-state index in [1.54, 1.807) is 36.4 Å². The Morgan fingerprint density at radius 3 is 2.79 bits per heavy atom. The molecule has 0 radical (unpaired) electrons. The molecule has 2 heterocycles. The Morgan fingerprint density at radius 1 is 1.33 bits per heavy atom. The molecular formula is C17H19N3O3S. The molecule has 24 heavy (non-hydrogen) atoms. The fourth-order valence-electron chi connectivity index (χ4n) is 2.72. The maximum absolute atomic E-state index is 12.2. The highest BCUT2D eigenvalue weighted by molar-refractivity contribution is 8.00. The van der Waals surface area contributed by atoms with Gasteiger partial charge in [0.2, 0.25) is 5.91 Å². The number of hydrogen-bond acceptors (Lipinski definition) is 5. The average Bonchev–Trinajstić information content (AvgIpc) is 3.25. The van der Waals surface area contributed by atoms with E-state index < -0.39 is 0 Å². The van der Waals surface area contributed by atoms with Gasteiger partial charge in [0.15, 0.2) is 0 Å². The van der Waals surface area contributed by atoms with Crippen LogP contribution in [0.3, 0.4) is 0 Å². The number of imidazole rings is 1. The highest BCUT2D eigenvalue weighted by atomic mass is 32.2. The number of carbonyl (C=O) groups excluding carboxylic acids is 2. The van der Waals surface area contributed by atoms with E-state index in [2.05, 4.69) is 4.98 Å². The van der Waals surface area contributed by atoms with Crippen molar-refractivity contribution in [3.63, 3.8) is 0 Å². The molecule has 1 saturated heterocycles. The number of hydrogen-bond donors (Lipinski definition) is 0. The lowest BCUT2D eigenvalue weighted by Crippen LogP contribution is -2.29. The summed E-state index contributed by atoms with van der Waals surface area (Å²) < 4.78 is 6.72. The van der Waals surface area contributed by atoms with Crippen LogP contribution in [-0.2, 0) is 16.1 Å². The van der Waals surface area contributed by atoms with Crippen molar-refractivity contribution in [3.05, 3.63) is 54.1 Å². The highest BCUT2D eigenvalue weighted by Gasteiger charge is 2.32. The molecule has 1 fully saturated rings. The lowest BCUT2D eigenvalue weighted by atomic mass is 10.1. The van der Waals surface area contributed by atoms with Gasteiger partial charge in [0, 0.05) is 25.5 Å². The number of benzene rings is 1. The van der Waals surface area contributed by atoms with Gasteiger partial charge in [-0.3, -0.25) is 4.79 Å². The van der Waals surface area contributed by atoms with Crippen molar-refractivity contribution >= 4 is 23.6 Å². The van der Waals surface area contributed by atoms with Gasteiger partial charge in [0.25, 0.3) is 0 Å². The molecule has 1 aromatic heterocycles. The minimum atomic E-state index is -0.353. The average molecular weight is 345 g/mol. The minimum absolute atomic E-state index is 0.00647. The Labute approximate surface area is 144 Å². The number of amides is 1. The number of thioether (sulfide) groups is 1. The third-order valence-corrected chi connectivity index (χ3v) is 5.22. The molecule has 1 aromatic carbocycles. The lowest BCUT2D eigenvalue weighted by molar-refractivity contribution is -0.128. The van der Waals surface area contributed by atoms with Gasteiger partial charge in [-0.05, 0) is 24.1 Å². The second kappa shape index (κ2) is 7.53. The molecule has 0 saturated carbocycles. The second-order valence-corrected chi connectivity index (χ2v) is 6.59. The van der Waals surface area contributed by atoms with Crippen LogP contribution in [0.1, 0.15) is 27.7 Å². The zero-order chi connectivity index (χ0) is 16.9. The molecule has 0 bridgehead atoms. The van der Waals surface area contributed by atoms with E-state index in [0.717, 1.165) is 18.5 Å². The van der Waals surface area contributed by atoms with Gasteiger partial charge in [-0.15, -0.1) is 11.8 Å². The Bertz CT molecular complexity index is 700. The summed E-state index contributed by atoms with van der Waals surface area (Å²) >= 11 is 1.62. The van der Waals surface area contributed by atoms with Crippen LogP contribution in [0.5, 0.6) is 0 Å². The molecule has 1 atom stereocenters. The van der Waals surface area contributed by atoms with E-state index in [9.17, 15) is 9.59 Å². The van der Waals surface area contributed by atoms with Gasteiger partial charge >= 0.3 is 5.97 Å². The van der Waals surface area contributed by atoms with Crippen LogP contribution in [0, 0.1) is 0 Å². The summed E-state index contributed by atoms with van der Waals surface area (Å²) in [6.45, 7) is 1.54. The van der Waals surface area contributed by atoms with Crippen molar-refractivity contribution < 1.29 is 14.3 Å². The van der Waals surface area contributed by atoms with Crippen LogP contribution in [0.4, 0.5) is 0 Å². The van der Waals surface area contributed by atoms with Gasteiger partial charge < -0.3 is 14.2 Å². The molecule has 0 spiro atoms. The number of methoxy groups -OCH3 is 1. The Hall–Kier alpha value is -2.28. The van der Waals surface area contributed by atoms with E-state index in [1.165, 1.54) is 7.11 Å². The van der Waals surface area contributed by atoms with Crippen molar-refractivity contribution in [1.82, 2.24) is 14.5 Å². The molecule has 7 heteroatoms. The third-order valence-electron chi connectivity index (χ3n) is 3.96. The largest absolute Gasteiger partial charge is 0.465 e. The summed E-state index contributed by atoms with van der Waals surface area (Å²) in [6.07, 6.45) is 6.33. The van der Waals surface area contributed by atoms with Crippen LogP contribution >= 0.6 is 11.8 Å². The van der Waals surface area contributed by atoms with Crippen LogP contribution < -0.4 is 0 Å². The standard InChI is InChI=1S/C17H19N3O3S/c1-23-17(22)14-5-3-13(4-6-14)16-20(15(21)11-24-16)9-2-8-19-10-7-18-12-19/h3-7,10,12,16H,2,8-9,11H2,1H3. The van der Waals surface area contributed by atoms with E-state index in [-0.39, 0.29) is 17.3 Å². The normalized spacial score (nSPS) is 17.3. The lowest BCUT2D eigenvalue weighted by Gasteiger charge is -2.24. The molecular weight excluding hydrogens is 326 g/mol. The van der Waals surface area contributed by atoms with E-state index in [1.807, 2.05) is 27.8 Å². The van der Waals surface area contributed by atoms with E-state index >= 15 is 0 Å². The maximum Gasteiger partial charge on any atom is 0.337 e. The van der Waals surface area contributed by atoms with Crippen LogP contribution in [0.2, 0.25) is 0 Å². The Balaban J connectivity index is 1.64. The molecule has 1 aliphatic rings. The Morgan fingerprint density at radius 2 is 2.12 bits per heavy atom. The van der Waals surface area contributed by atoms with E-state index in [0.29, 0.717) is 17.9 Å². The summed E-state index contributed by atoms with van der Waals surface area (Å²) in [5.41, 5.74) is 1.54. The van der Waals surface area contributed by atoms with Crippen molar-refractivity contribution in [1.29, 1.82) is 0 Å². The first-order chi connectivity index (χ1) is 11.7. The van der Waals surface area contributed by atoms with Crippen LogP contribution in [0.25, 0.3) is 0 Å². The second-order valence-electron chi connectivity index (χ2n) is 5.52. The van der Waals surface area contributed by atoms with E-state index in [4.69, 9.17) is 4.74 Å².